The second-order valence-corrected chi connectivity index (χ2v) is 5.24. The first-order valence-electron chi connectivity index (χ1n) is 6.22. The Bertz CT molecular complexity index is 435. The lowest BCUT2D eigenvalue weighted by molar-refractivity contribution is 0.0669. The van der Waals surface area contributed by atoms with Gasteiger partial charge in [0.05, 0.1) is 12.2 Å². The molecule has 19 heavy (non-hydrogen) atoms. The van der Waals surface area contributed by atoms with Gasteiger partial charge in [-0.15, -0.1) is 0 Å². The van der Waals surface area contributed by atoms with Crippen molar-refractivity contribution in [2.75, 3.05) is 26.8 Å². The van der Waals surface area contributed by atoms with E-state index in [1.165, 1.54) is 12.1 Å². The molecule has 4 nitrogen and oxygen atoms in total. The Hall–Kier alpha value is -1.26. The maximum Gasteiger partial charge on any atom is 0.257 e. The summed E-state index contributed by atoms with van der Waals surface area (Å²) in [6.07, 6.45) is 0. The molecule has 1 aromatic rings. The van der Waals surface area contributed by atoms with Gasteiger partial charge in [-0.1, -0.05) is 25.4 Å². The summed E-state index contributed by atoms with van der Waals surface area (Å²) in [6, 6.07) is 4.47. The zero-order valence-electron chi connectivity index (χ0n) is 11.5. The summed E-state index contributed by atoms with van der Waals surface area (Å²) in [5.41, 5.74) is 0.226. The van der Waals surface area contributed by atoms with Gasteiger partial charge in [0, 0.05) is 25.2 Å². The van der Waals surface area contributed by atoms with Crippen LogP contribution >= 0.6 is 11.6 Å². The van der Waals surface area contributed by atoms with Crippen LogP contribution in [0.25, 0.3) is 0 Å². The molecular weight excluding hydrogens is 266 g/mol. The first-order valence-corrected chi connectivity index (χ1v) is 6.60. The number of hydrogen-bond donors (Lipinski definition) is 1. The maximum absolute atomic E-state index is 12.4. The fraction of sp³-hybridized carbons (Fsp3) is 0.500. The van der Waals surface area contributed by atoms with Crippen LogP contribution < -0.4 is 0 Å². The van der Waals surface area contributed by atoms with E-state index in [1.54, 1.807) is 18.1 Å². The summed E-state index contributed by atoms with van der Waals surface area (Å²) in [5.74, 6) is 0.0495. The topological polar surface area (TPSA) is 49.8 Å². The summed E-state index contributed by atoms with van der Waals surface area (Å²) < 4.78 is 5.01. The highest BCUT2D eigenvalue weighted by atomic mass is 35.5. The lowest BCUT2D eigenvalue weighted by Gasteiger charge is -2.24. The molecule has 0 unspecified atom stereocenters. The second-order valence-electron chi connectivity index (χ2n) is 4.80. The van der Waals surface area contributed by atoms with Crippen LogP contribution in [-0.4, -0.2) is 42.7 Å². The minimum Gasteiger partial charge on any atom is -0.507 e. The first-order chi connectivity index (χ1) is 8.95. The van der Waals surface area contributed by atoms with Crippen molar-refractivity contribution < 1.29 is 14.6 Å². The number of amides is 1. The highest BCUT2D eigenvalue weighted by Gasteiger charge is 2.20. The SMILES string of the molecule is COCCN(CC(C)C)C(=O)c1cc(Cl)ccc1O. The van der Waals surface area contributed by atoms with Crippen LogP contribution in [0.15, 0.2) is 18.2 Å². The normalized spacial score (nSPS) is 10.8. The molecule has 1 rings (SSSR count). The third-order valence-corrected chi connectivity index (χ3v) is 2.86. The van der Waals surface area contributed by atoms with Crippen LogP contribution in [0.4, 0.5) is 0 Å². The number of benzene rings is 1. The molecular formula is C14H20ClNO3. The average Bonchev–Trinajstić information content (AvgIpc) is 2.36. The molecule has 0 fully saturated rings. The molecule has 1 aromatic carbocycles. The molecule has 106 valence electrons. The van der Waals surface area contributed by atoms with Crippen molar-refractivity contribution in [1.82, 2.24) is 4.90 Å². The van der Waals surface area contributed by atoms with Gasteiger partial charge in [-0.05, 0) is 24.1 Å². The number of nitrogens with zero attached hydrogens (tertiary/aromatic N) is 1. The molecule has 0 aliphatic rings. The van der Waals surface area contributed by atoms with Crippen molar-refractivity contribution in [2.45, 2.75) is 13.8 Å². The number of phenolic OH excluding ortho intramolecular Hbond substituents is 1. The average molecular weight is 286 g/mol. The number of hydrogen-bond acceptors (Lipinski definition) is 3. The Morgan fingerprint density at radius 2 is 2.16 bits per heavy atom. The lowest BCUT2D eigenvalue weighted by Crippen LogP contribution is -2.36. The molecule has 0 radical (unpaired) electrons. The van der Waals surface area contributed by atoms with Gasteiger partial charge < -0.3 is 14.7 Å². The third-order valence-electron chi connectivity index (χ3n) is 2.63. The van der Waals surface area contributed by atoms with Crippen LogP contribution in [0.3, 0.4) is 0 Å². The Balaban J connectivity index is 2.93. The Morgan fingerprint density at radius 1 is 1.47 bits per heavy atom. The van der Waals surface area contributed by atoms with Crippen molar-refractivity contribution in [3.05, 3.63) is 28.8 Å². The highest BCUT2D eigenvalue weighted by Crippen LogP contribution is 2.23. The van der Waals surface area contributed by atoms with Crippen molar-refractivity contribution in [3.8, 4) is 5.75 Å². The van der Waals surface area contributed by atoms with E-state index in [4.69, 9.17) is 16.3 Å². The fourth-order valence-electron chi connectivity index (χ4n) is 1.77. The summed E-state index contributed by atoms with van der Waals surface area (Å²) in [5, 5.41) is 10.2. The van der Waals surface area contributed by atoms with Crippen molar-refractivity contribution in [3.63, 3.8) is 0 Å². The first kappa shape index (κ1) is 15.8. The lowest BCUT2D eigenvalue weighted by atomic mass is 10.1. The molecule has 0 aliphatic heterocycles. The van der Waals surface area contributed by atoms with Gasteiger partial charge >= 0.3 is 0 Å². The van der Waals surface area contributed by atoms with E-state index in [1.807, 2.05) is 13.8 Å². The Kier molecular flexibility index (Phi) is 6.12. The van der Waals surface area contributed by atoms with Gasteiger partial charge in [-0.25, -0.2) is 0 Å². The van der Waals surface area contributed by atoms with E-state index in [0.29, 0.717) is 30.6 Å². The van der Waals surface area contributed by atoms with E-state index < -0.39 is 0 Å². The van der Waals surface area contributed by atoms with Gasteiger partial charge in [0.15, 0.2) is 0 Å². The van der Waals surface area contributed by atoms with Crippen LogP contribution in [0.5, 0.6) is 5.75 Å². The number of aromatic hydroxyl groups is 1. The molecule has 0 atom stereocenters. The zero-order valence-corrected chi connectivity index (χ0v) is 12.3. The number of phenols is 1. The largest absolute Gasteiger partial charge is 0.507 e. The predicted octanol–water partition coefficient (Wildman–Crippen LogP) is 2.79. The number of methoxy groups -OCH3 is 1. The smallest absolute Gasteiger partial charge is 0.257 e. The fourth-order valence-corrected chi connectivity index (χ4v) is 1.94. The van der Waals surface area contributed by atoms with Gasteiger partial charge in [0.2, 0.25) is 0 Å². The van der Waals surface area contributed by atoms with E-state index >= 15 is 0 Å². The van der Waals surface area contributed by atoms with Gasteiger partial charge in [-0.3, -0.25) is 4.79 Å². The van der Waals surface area contributed by atoms with Gasteiger partial charge in [0.1, 0.15) is 5.75 Å². The Morgan fingerprint density at radius 3 is 2.74 bits per heavy atom. The van der Waals surface area contributed by atoms with E-state index in [9.17, 15) is 9.90 Å². The monoisotopic (exact) mass is 285 g/mol. The molecule has 0 aliphatic carbocycles. The highest BCUT2D eigenvalue weighted by molar-refractivity contribution is 6.31. The molecule has 1 N–H and O–H groups in total. The van der Waals surface area contributed by atoms with Crippen LogP contribution in [-0.2, 0) is 4.74 Å². The second kappa shape index (κ2) is 7.36. The summed E-state index contributed by atoms with van der Waals surface area (Å²) in [6.45, 7) is 5.61. The van der Waals surface area contributed by atoms with Crippen LogP contribution in [0, 0.1) is 5.92 Å². The molecule has 0 aromatic heterocycles. The van der Waals surface area contributed by atoms with Crippen LogP contribution in [0.2, 0.25) is 5.02 Å². The summed E-state index contributed by atoms with van der Waals surface area (Å²) in [4.78, 5) is 14.1. The molecule has 0 bridgehead atoms. The van der Waals surface area contributed by atoms with E-state index in [0.717, 1.165) is 0 Å². The standard InChI is InChI=1S/C14H20ClNO3/c1-10(2)9-16(6-7-19-3)14(18)12-8-11(15)4-5-13(12)17/h4-5,8,10,17H,6-7,9H2,1-3H3. The summed E-state index contributed by atoms with van der Waals surface area (Å²) in [7, 11) is 1.59. The number of carbonyl (C=O) groups excluding carboxylic acids is 1. The predicted molar refractivity (Wildman–Crippen MR) is 75.7 cm³/mol. The quantitative estimate of drug-likeness (QED) is 0.874. The number of rotatable bonds is 6. The van der Waals surface area contributed by atoms with E-state index in [-0.39, 0.29) is 17.2 Å². The van der Waals surface area contributed by atoms with Crippen molar-refractivity contribution in [1.29, 1.82) is 0 Å². The minimum atomic E-state index is -0.231. The summed E-state index contributed by atoms with van der Waals surface area (Å²) >= 11 is 5.87. The number of ether oxygens (including phenoxy) is 1. The van der Waals surface area contributed by atoms with Gasteiger partial charge in [-0.2, -0.15) is 0 Å². The molecule has 0 saturated heterocycles. The van der Waals surface area contributed by atoms with Gasteiger partial charge in [0.25, 0.3) is 5.91 Å². The minimum absolute atomic E-state index is 0.0550. The van der Waals surface area contributed by atoms with Crippen molar-refractivity contribution in [2.24, 2.45) is 5.92 Å². The maximum atomic E-state index is 12.4. The molecule has 0 spiro atoms. The zero-order chi connectivity index (χ0) is 14.4. The molecule has 0 heterocycles. The number of carbonyl (C=O) groups is 1. The molecule has 5 heteroatoms. The van der Waals surface area contributed by atoms with Crippen molar-refractivity contribution >= 4 is 17.5 Å². The van der Waals surface area contributed by atoms with E-state index in [2.05, 4.69) is 0 Å². The number of halogens is 1. The third kappa shape index (κ3) is 4.73. The molecule has 1 amide bonds. The Labute approximate surface area is 118 Å². The molecule has 0 saturated carbocycles. The van der Waals surface area contributed by atoms with Crippen LogP contribution in [0.1, 0.15) is 24.2 Å².